The first-order valence-corrected chi connectivity index (χ1v) is 11.8. The molecule has 0 spiro atoms. The van der Waals surface area contributed by atoms with Gasteiger partial charge in [-0.25, -0.2) is 0 Å². The first kappa shape index (κ1) is 26.3. The van der Waals surface area contributed by atoms with Gasteiger partial charge in [-0.1, -0.05) is 58.5 Å². The number of rotatable bonds is 8. The maximum absolute atomic E-state index is 12.7. The second-order valence-corrected chi connectivity index (χ2v) is 9.57. The lowest BCUT2D eigenvalue weighted by molar-refractivity contribution is -0.137. The van der Waals surface area contributed by atoms with Crippen LogP contribution < -0.4 is 9.47 Å². The van der Waals surface area contributed by atoms with Gasteiger partial charge in [0.15, 0.2) is 5.75 Å². The molecule has 180 valence electrons. The van der Waals surface area contributed by atoms with Crippen LogP contribution in [0.1, 0.15) is 24.0 Å². The number of hydrogen-bond donors (Lipinski definition) is 0. The van der Waals surface area contributed by atoms with Gasteiger partial charge in [0.25, 0.3) is 0 Å². The quantitative estimate of drug-likeness (QED) is 0.337. The van der Waals surface area contributed by atoms with Crippen molar-refractivity contribution in [1.82, 2.24) is 4.90 Å². The molecule has 0 radical (unpaired) electrons. The fraction of sp³-hybridized carbons (Fsp3) is 0.391. The van der Waals surface area contributed by atoms with Gasteiger partial charge in [-0.05, 0) is 55.6 Å². The molecule has 1 fully saturated rings. The summed E-state index contributed by atoms with van der Waals surface area (Å²) in [6, 6.07) is 8.57. The van der Waals surface area contributed by atoms with E-state index in [1.807, 2.05) is 0 Å². The van der Waals surface area contributed by atoms with Crippen LogP contribution in [0.2, 0.25) is 10.0 Å². The van der Waals surface area contributed by atoms with Crippen LogP contribution in [-0.4, -0.2) is 31.2 Å². The molecule has 1 heterocycles. The minimum atomic E-state index is -4.31. The lowest BCUT2D eigenvalue weighted by Gasteiger charge is -2.32. The zero-order chi connectivity index (χ0) is 24.0. The van der Waals surface area contributed by atoms with Crippen LogP contribution >= 0.6 is 46.4 Å². The molecular weight excluding hydrogens is 521 g/mol. The lowest BCUT2D eigenvalue weighted by Crippen LogP contribution is -2.35. The van der Waals surface area contributed by atoms with Crippen LogP contribution in [0.5, 0.6) is 11.5 Å². The van der Waals surface area contributed by atoms with Crippen LogP contribution in [0, 0.1) is 5.92 Å². The van der Waals surface area contributed by atoms with Gasteiger partial charge >= 0.3 is 6.18 Å². The molecule has 0 bridgehead atoms. The number of benzene rings is 2. The normalized spacial score (nSPS) is 15.4. The van der Waals surface area contributed by atoms with Crippen LogP contribution in [0.25, 0.3) is 0 Å². The third-order valence-electron chi connectivity index (χ3n) is 5.32. The molecule has 3 nitrogen and oxygen atoms in total. The van der Waals surface area contributed by atoms with E-state index in [1.54, 1.807) is 12.1 Å². The molecule has 10 heteroatoms. The van der Waals surface area contributed by atoms with E-state index in [9.17, 15) is 13.2 Å². The van der Waals surface area contributed by atoms with E-state index in [1.165, 1.54) is 18.2 Å². The highest BCUT2D eigenvalue weighted by molar-refractivity contribution is 6.55. The van der Waals surface area contributed by atoms with Crippen molar-refractivity contribution in [1.29, 1.82) is 0 Å². The summed E-state index contributed by atoms with van der Waals surface area (Å²) in [5.74, 6) is 1.21. The highest BCUT2D eigenvalue weighted by Crippen LogP contribution is 2.37. The molecule has 0 aliphatic carbocycles. The van der Waals surface area contributed by atoms with Gasteiger partial charge in [-0.3, -0.25) is 4.90 Å². The highest BCUT2D eigenvalue weighted by atomic mass is 35.5. The molecule has 0 unspecified atom stereocenters. The predicted octanol–water partition coefficient (Wildman–Crippen LogP) is 8.00. The molecule has 0 saturated carbocycles. The van der Waals surface area contributed by atoms with Crippen molar-refractivity contribution in [2.24, 2.45) is 5.92 Å². The Bertz CT molecular complexity index is 932. The van der Waals surface area contributed by atoms with Gasteiger partial charge < -0.3 is 9.47 Å². The summed E-state index contributed by atoms with van der Waals surface area (Å²) in [6.45, 7) is 2.94. The number of hydrogen-bond acceptors (Lipinski definition) is 3. The molecule has 0 aromatic heterocycles. The minimum absolute atomic E-state index is 0.109. The van der Waals surface area contributed by atoms with E-state index in [4.69, 9.17) is 55.9 Å². The van der Waals surface area contributed by atoms with Crippen LogP contribution in [0.15, 0.2) is 47.0 Å². The van der Waals surface area contributed by atoms with E-state index >= 15 is 0 Å². The fourth-order valence-electron chi connectivity index (χ4n) is 3.53. The zero-order valence-electron chi connectivity index (χ0n) is 17.5. The second kappa shape index (κ2) is 11.9. The van der Waals surface area contributed by atoms with Gasteiger partial charge in [-0.15, -0.1) is 0 Å². The molecule has 0 N–H and O–H groups in total. The number of alkyl halides is 3. The Morgan fingerprint density at radius 1 is 1.00 bits per heavy atom. The SMILES string of the molecule is FC(F)(F)c1ccc(CN2CCC(COc3c(Cl)cc(OCC=C(Cl)Cl)cc3Cl)CC2)cc1. The maximum Gasteiger partial charge on any atom is 0.416 e. The number of likely N-dealkylation sites (tertiary alicyclic amines) is 1. The van der Waals surface area contributed by atoms with Crippen molar-refractivity contribution in [3.8, 4) is 11.5 Å². The van der Waals surface area contributed by atoms with E-state index in [0.717, 1.165) is 43.6 Å². The largest absolute Gasteiger partial charge is 0.490 e. The summed E-state index contributed by atoms with van der Waals surface area (Å²) in [5.41, 5.74) is 0.234. The van der Waals surface area contributed by atoms with Crippen molar-refractivity contribution in [2.75, 3.05) is 26.3 Å². The van der Waals surface area contributed by atoms with Gasteiger partial charge in [0.2, 0.25) is 0 Å². The molecular formula is C23H22Cl4F3NO2. The first-order valence-electron chi connectivity index (χ1n) is 10.3. The van der Waals surface area contributed by atoms with Crippen molar-refractivity contribution >= 4 is 46.4 Å². The molecule has 1 aliphatic heterocycles. The predicted molar refractivity (Wildman–Crippen MR) is 127 cm³/mol. The summed E-state index contributed by atoms with van der Waals surface area (Å²) in [4.78, 5) is 2.23. The standard InChI is InChI=1S/C23H22Cl4F3NO2/c24-19-11-18(32-10-7-21(26)27)12-20(25)22(19)33-14-16-5-8-31(9-6-16)13-15-1-3-17(4-2-15)23(28,29)30/h1-4,7,11-12,16H,5-6,8-10,13-14H2. The van der Waals surface area contributed by atoms with E-state index in [0.29, 0.717) is 40.6 Å². The fourth-order valence-corrected chi connectivity index (χ4v) is 4.23. The first-order chi connectivity index (χ1) is 15.6. The Morgan fingerprint density at radius 3 is 2.15 bits per heavy atom. The molecule has 0 amide bonds. The van der Waals surface area contributed by atoms with Crippen LogP contribution in [0.4, 0.5) is 13.2 Å². The Morgan fingerprint density at radius 2 is 1.61 bits per heavy atom. The van der Waals surface area contributed by atoms with Gasteiger partial charge in [0.1, 0.15) is 16.8 Å². The van der Waals surface area contributed by atoms with Crippen molar-refractivity contribution < 1.29 is 22.6 Å². The second-order valence-electron chi connectivity index (χ2n) is 7.75. The molecule has 3 rings (SSSR count). The molecule has 33 heavy (non-hydrogen) atoms. The third-order valence-corrected chi connectivity index (χ3v) is 6.19. The van der Waals surface area contributed by atoms with Crippen LogP contribution in [0.3, 0.4) is 0 Å². The van der Waals surface area contributed by atoms with Gasteiger partial charge in [0, 0.05) is 18.7 Å². The summed E-state index contributed by atoms with van der Waals surface area (Å²) < 4.78 is 49.6. The topological polar surface area (TPSA) is 21.7 Å². The maximum atomic E-state index is 12.7. The molecule has 2 aromatic rings. The average Bonchev–Trinajstić information content (AvgIpc) is 2.74. The lowest BCUT2D eigenvalue weighted by atomic mass is 9.97. The average molecular weight is 543 g/mol. The number of halogens is 7. The molecule has 0 atom stereocenters. The Hall–Kier alpha value is -1.31. The summed E-state index contributed by atoms with van der Waals surface area (Å²) in [6.07, 6.45) is -1.00. The minimum Gasteiger partial charge on any atom is -0.490 e. The highest BCUT2D eigenvalue weighted by Gasteiger charge is 2.30. The van der Waals surface area contributed by atoms with E-state index in [-0.39, 0.29) is 11.1 Å². The zero-order valence-corrected chi connectivity index (χ0v) is 20.5. The Kier molecular flexibility index (Phi) is 9.48. The summed E-state index contributed by atoms with van der Waals surface area (Å²) >= 11 is 23.7. The third kappa shape index (κ3) is 8.15. The Balaban J connectivity index is 1.46. The number of piperidine rings is 1. The van der Waals surface area contributed by atoms with Crippen LogP contribution in [-0.2, 0) is 12.7 Å². The smallest absolute Gasteiger partial charge is 0.416 e. The van der Waals surface area contributed by atoms with Gasteiger partial charge in [0.05, 0.1) is 22.2 Å². The van der Waals surface area contributed by atoms with E-state index < -0.39 is 11.7 Å². The molecule has 1 saturated heterocycles. The summed E-state index contributed by atoms with van der Waals surface area (Å²) in [7, 11) is 0. The number of nitrogens with zero attached hydrogens (tertiary/aromatic N) is 1. The summed E-state index contributed by atoms with van der Waals surface area (Å²) in [5, 5.41) is 0.691. The van der Waals surface area contributed by atoms with Crippen molar-refractivity contribution in [3.05, 3.63) is 68.1 Å². The van der Waals surface area contributed by atoms with E-state index in [2.05, 4.69) is 4.90 Å². The van der Waals surface area contributed by atoms with Crippen molar-refractivity contribution in [2.45, 2.75) is 25.6 Å². The van der Waals surface area contributed by atoms with Crippen molar-refractivity contribution in [3.63, 3.8) is 0 Å². The molecule has 1 aliphatic rings. The monoisotopic (exact) mass is 541 g/mol. The van der Waals surface area contributed by atoms with Gasteiger partial charge in [-0.2, -0.15) is 13.2 Å². The Labute approximate surface area is 211 Å². The number of ether oxygens (including phenoxy) is 2. The molecule has 2 aromatic carbocycles.